The fourth-order valence-electron chi connectivity index (χ4n) is 2.71. The molecule has 1 aromatic carbocycles. The summed E-state index contributed by atoms with van der Waals surface area (Å²) < 4.78 is 63.9. The maximum absolute atomic E-state index is 13.4. The smallest absolute Gasteiger partial charge is 0.319 e. The maximum atomic E-state index is 13.4. The largest absolute Gasteiger partial charge is 0.473 e. The zero-order valence-corrected chi connectivity index (χ0v) is 14.7. The highest BCUT2D eigenvalue weighted by Gasteiger charge is 2.32. The van der Waals surface area contributed by atoms with Crippen molar-refractivity contribution in [1.29, 1.82) is 0 Å². The molecule has 26 heavy (non-hydrogen) atoms. The van der Waals surface area contributed by atoms with E-state index in [1.54, 1.807) is 0 Å². The Bertz CT molecular complexity index is 875. The predicted octanol–water partition coefficient (Wildman–Crippen LogP) is 2.00. The molecule has 1 saturated heterocycles. The summed E-state index contributed by atoms with van der Waals surface area (Å²) in [4.78, 5) is 7.48. The molecule has 7 nitrogen and oxygen atoms in total. The second-order valence-corrected chi connectivity index (χ2v) is 7.67. The van der Waals surface area contributed by atoms with E-state index in [4.69, 9.17) is 9.47 Å². The average molecular weight is 385 g/mol. The van der Waals surface area contributed by atoms with Gasteiger partial charge in [-0.25, -0.2) is 22.2 Å². The summed E-state index contributed by atoms with van der Waals surface area (Å²) in [5.74, 6) is -1.62. The van der Waals surface area contributed by atoms with Crippen molar-refractivity contribution in [3.63, 3.8) is 0 Å². The van der Waals surface area contributed by atoms with Crippen LogP contribution in [0.15, 0.2) is 35.4 Å². The molecule has 0 radical (unpaired) electrons. The van der Waals surface area contributed by atoms with E-state index in [1.807, 2.05) is 0 Å². The number of rotatable bonds is 5. The van der Waals surface area contributed by atoms with Crippen LogP contribution in [0.5, 0.6) is 11.9 Å². The highest BCUT2D eigenvalue weighted by molar-refractivity contribution is 7.89. The Labute approximate surface area is 149 Å². The summed E-state index contributed by atoms with van der Waals surface area (Å²) in [6.07, 6.45) is 2.19. The second-order valence-electron chi connectivity index (χ2n) is 5.73. The lowest BCUT2D eigenvalue weighted by atomic mass is 10.1. The first kappa shape index (κ1) is 18.5. The minimum atomic E-state index is -4.03. The molecule has 1 atom stereocenters. The molecular formula is C16H17F2N3O4S. The third kappa shape index (κ3) is 4.07. The quantitative estimate of drug-likeness (QED) is 0.783. The summed E-state index contributed by atoms with van der Waals surface area (Å²) in [6, 6.07) is 3.91. The number of hydrogen-bond donors (Lipinski definition) is 0. The van der Waals surface area contributed by atoms with Crippen molar-refractivity contribution in [3.05, 3.63) is 42.1 Å². The molecule has 10 heteroatoms. The van der Waals surface area contributed by atoms with Gasteiger partial charge < -0.3 is 9.47 Å². The van der Waals surface area contributed by atoms with Gasteiger partial charge in [-0.05, 0) is 25.0 Å². The number of halogens is 2. The van der Waals surface area contributed by atoms with Gasteiger partial charge in [0.1, 0.15) is 17.7 Å². The molecule has 0 spiro atoms. The molecule has 0 bridgehead atoms. The first-order valence-corrected chi connectivity index (χ1v) is 9.32. The SMILES string of the molecule is COc1nccc(OC2CCCN(S(=O)(=O)c3cc(F)cc(F)c3)C2)n1. The Kier molecular flexibility index (Phi) is 5.33. The summed E-state index contributed by atoms with van der Waals surface area (Å²) >= 11 is 0. The van der Waals surface area contributed by atoms with E-state index in [-0.39, 0.29) is 25.0 Å². The summed E-state index contributed by atoms with van der Waals surface area (Å²) in [5.41, 5.74) is 0. The summed E-state index contributed by atoms with van der Waals surface area (Å²) in [6.45, 7) is 0.292. The van der Waals surface area contributed by atoms with Crippen LogP contribution in [0.3, 0.4) is 0 Å². The zero-order chi connectivity index (χ0) is 18.7. The fourth-order valence-corrected chi connectivity index (χ4v) is 4.26. The minimum absolute atomic E-state index is 0.0484. The lowest BCUT2D eigenvalue weighted by Crippen LogP contribution is -2.44. The van der Waals surface area contributed by atoms with Crippen LogP contribution in [0.25, 0.3) is 0 Å². The van der Waals surface area contributed by atoms with Crippen molar-refractivity contribution in [3.8, 4) is 11.9 Å². The maximum Gasteiger partial charge on any atom is 0.319 e. The van der Waals surface area contributed by atoms with E-state index >= 15 is 0 Å². The van der Waals surface area contributed by atoms with Crippen LogP contribution in [0.2, 0.25) is 0 Å². The molecule has 1 fully saturated rings. The first-order chi connectivity index (χ1) is 12.4. The Morgan fingerprint density at radius 1 is 1.23 bits per heavy atom. The lowest BCUT2D eigenvalue weighted by molar-refractivity contribution is 0.123. The molecule has 2 aromatic rings. The average Bonchev–Trinajstić information content (AvgIpc) is 2.61. The molecule has 140 valence electrons. The van der Waals surface area contributed by atoms with Crippen molar-refractivity contribution in [1.82, 2.24) is 14.3 Å². The number of ether oxygens (including phenoxy) is 2. The zero-order valence-electron chi connectivity index (χ0n) is 13.9. The molecule has 1 aliphatic rings. The van der Waals surface area contributed by atoms with Crippen LogP contribution in [-0.2, 0) is 10.0 Å². The van der Waals surface area contributed by atoms with Gasteiger partial charge in [0.05, 0.1) is 18.6 Å². The van der Waals surface area contributed by atoms with Gasteiger partial charge in [0.15, 0.2) is 0 Å². The number of nitrogens with zero attached hydrogens (tertiary/aromatic N) is 3. The van der Waals surface area contributed by atoms with Gasteiger partial charge in [-0.15, -0.1) is 0 Å². The molecule has 1 unspecified atom stereocenters. The van der Waals surface area contributed by atoms with Crippen molar-refractivity contribution in [2.75, 3.05) is 20.2 Å². The molecule has 1 aliphatic heterocycles. The van der Waals surface area contributed by atoms with Crippen molar-refractivity contribution in [2.45, 2.75) is 23.8 Å². The third-order valence-corrected chi connectivity index (χ3v) is 5.74. The number of piperidine rings is 1. The van der Waals surface area contributed by atoms with E-state index in [9.17, 15) is 17.2 Å². The van der Waals surface area contributed by atoms with E-state index < -0.39 is 32.7 Å². The van der Waals surface area contributed by atoms with E-state index in [0.717, 1.165) is 16.4 Å². The number of hydrogen-bond acceptors (Lipinski definition) is 6. The van der Waals surface area contributed by atoms with Gasteiger partial charge >= 0.3 is 6.01 Å². The standard InChI is InChI=1S/C16H17F2N3O4S/c1-24-16-19-5-4-15(20-16)25-13-3-2-6-21(10-13)26(22,23)14-8-11(17)7-12(18)9-14/h4-5,7-9,13H,2-3,6,10H2,1H3. The van der Waals surface area contributed by atoms with E-state index in [0.29, 0.717) is 18.9 Å². The Balaban J connectivity index is 1.76. The van der Waals surface area contributed by atoms with Gasteiger partial charge in [0.2, 0.25) is 15.9 Å². The van der Waals surface area contributed by atoms with Crippen LogP contribution >= 0.6 is 0 Å². The van der Waals surface area contributed by atoms with Crippen LogP contribution in [0.1, 0.15) is 12.8 Å². The van der Waals surface area contributed by atoms with Gasteiger partial charge in [-0.1, -0.05) is 0 Å². The van der Waals surface area contributed by atoms with Gasteiger partial charge in [-0.2, -0.15) is 9.29 Å². The number of aromatic nitrogens is 2. The molecule has 0 N–H and O–H groups in total. The highest BCUT2D eigenvalue weighted by Crippen LogP contribution is 2.24. The van der Waals surface area contributed by atoms with Crippen molar-refractivity contribution >= 4 is 10.0 Å². The Morgan fingerprint density at radius 3 is 2.65 bits per heavy atom. The number of sulfonamides is 1. The van der Waals surface area contributed by atoms with Crippen LogP contribution in [0, 0.1) is 11.6 Å². The normalized spacial score (nSPS) is 18.5. The van der Waals surface area contributed by atoms with Crippen molar-refractivity contribution in [2.24, 2.45) is 0 Å². The number of methoxy groups -OCH3 is 1. The highest BCUT2D eigenvalue weighted by atomic mass is 32.2. The van der Waals surface area contributed by atoms with Crippen molar-refractivity contribution < 1.29 is 26.7 Å². The molecule has 3 rings (SSSR count). The topological polar surface area (TPSA) is 81.6 Å². The fraction of sp³-hybridized carbons (Fsp3) is 0.375. The van der Waals surface area contributed by atoms with Crippen LogP contribution < -0.4 is 9.47 Å². The molecule has 0 saturated carbocycles. The molecule has 2 heterocycles. The summed E-state index contributed by atoms with van der Waals surface area (Å²) in [7, 11) is -2.61. The lowest BCUT2D eigenvalue weighted by Gasteiger charge is -2.31. The van der Waals surface area contributed by atoms with Crippen LogP contribution in [-0.4, -0.2) is 49.0 Å². The van der Waals surface area contributed by atoms with E-state index in [2.05, 4.69) is 9.97 Å². The monoisotopic (exact) mass is 385 g/mol. The second kappa shape index (κ2) is 7.50. The molecule has 0 amide bonds. The number of benzene rings is 1. The first-order valence-electron chi connectivity index (χ1n) is 7.88. The minimum Gasteiger partial charge on any atom is -0.473 e. The third-order valence-electron chi connectivity index (χ3n) is 3.89. The van der Waals surface area contributed by atoms with Crippen LogP contribution in [0.4, 0.5) is 8.78 Å². The Morgan fingerprint density at radius 2 is 1.96 bits per heavy atom. The molecule has 1 aromatic heterocycles. The van der Waals surface area contributed by atoms with Gasteiger partial charge in [-0.3, -0.25) is 0 Å². The Hall–Kier alpha value is -2.33. The molecular weight excluding hydrogens is 368 g/mol. The summed E-state index contributed by atoms with van der Waals surface area (Å²) in [5, 5.41) is 0. The van der Waals surface area contributed by atoms with Gasteiger partial charge in [0, 0.05) is 24.9 Å². The van der Waals surface area contributed by atoms with E-state index in [1.165, 1.54) is 19.4 Å². The molecule has 0 aliphatic carbocycles. The predicted molar refractivity (Wildman–Crippen MR) is 87.4 cm³/mol. The van der Waals surface area contributed by atoms with Gasteiger partial charge in [0.25, 0.3) is 0 Å².